The number of rotatable bonds is 6. The Morgan fingerprint density at radius 3 is 2.67 bits per heavy atom. The highest BCUT2D eigenvalue weighted by molar-refractivity contribution is 9.10. The Labute approximate surface area is 139 Å². The fraction of sp³-hybridized carbons (Fsp3) is 0.294. The molecule has 112 valence electrons. The van der Waals surface area contributed by atoms with Crippen LogP contribution < -0.4 is 10.1 Å². The minimum atomic E-state index is 0.463. The summed E-state index contributed by atoms with van der Waals surface area (Å²) in [6.07, 6.45) is 0. The summed E-state index contributed by atoms with van der Waals surface area (Å²) >= 11 is 9.77. The van der Waals surface area contributed by atoms with Gasteiger partial charge in [0.2, 0.25) is 0 Å². The third-order valence-corrected chi connectivity index (χ3v) is 4.14. The number of halogens is 2. The Bertz CT molecular complexity index is 616. The molecule has 0 aliphatic carbocycles. The highest BCUT2D eigenvalue weighted by atomic mass is 79.9. The molecule has 21 heavy (non-hydrogen) atoms. The standard InChI is InChI=1S/C17H19BrClNO/c1-3-20-10-13-5-7-17(15(18)9-13)21-11-14-6-4-12(2)8-16(14)19/h4-9,20H,3,10-11H2,1-2H3. The van der Waals surface area contributed by atoms with Crippen molar-refractivity contribution in [3.05, 3.63) is 62.6 Å². The first-order valence-corrected chi connectivity index (χ1v) is 8.14. The van der Waals surface area contributed by atoms with Crippen LogP contribution in [0.5, 0.6) is 5.75 Å². The van der Waals surface area contributed by atoms with Gasteiger partial charge in [-0.05, 0) is 58.7 Å². The lowest BCUT2D eigenvalue weighted by atomic mass is 10.1. The summed E-state index contributed by atoms with van der Waals surface area (Å²) in [4.78, 5) is 0. The summed E-state index contributed by atoms with van der Waals surface area (Å²) in [5.41, 5.74) is 3.37. The molecule has 0 amide bonds. The first kappa shape index (κ1) is 16.3. The van der Waals surface area contributed by atoms with E-state index in [0.29, 0.717) is 6.61 Å². The first-order chi connectivity index (χ1) is 10.1. The maximum Gasteiger partial charge on any atom is 0.134 e. The van der Waals surface area contributed by atoms with Gasteiger partial charge in [0, 0.05) is 17.1 Å². The third kappa shape index (κ3) is 4.73. The van der Waals surface area contributed by atoms with Crippen molar-refractivity contribution in [2.24, 2.45) is 0 Å². The van der Waals surface area contributed by atoms with Gasteiger partial charge >= 0.3 is 0 Å². The molecule has 0 aromatic heterocycles. The number of aryl methyl sites for hydroxylation is 1. The molecule has 0 aliphatic rings. The van der Waals surface area contributed by atoms with Crippen molar-refractivity contribution < 1.29 is 4.74 Å². The van der Waals surface area contributed by atoms with Crippen molar-refractivity contribution in [1.29, 1.82) is 0 Å². The van der Waals surface area contributed by atoms with Crippen LogP contribution in [0.1, 0.15) is 23.6 Å². The quantitative estimate of drug-likeness (QED) is 0.766. The van der Waals surface area contributed by atoms with E-state index in [1.165, 1.54) is 5.56 Å². The second-order valence-electron chi connectivity index (χ2n) is 4.93. The van der Waals surface area contributed by atoms with Crippen LogP contribution >= 0.6 is 27.5 Å². The molecule has 2 rings (SSSR count). The molecule has 4 heteroatoms. The number of hydrogen-bond acceptors (Lipinski definition) is 2. The summed E-state index contributed by atoms with van der Waals surface area (Å²) in [5.74, 6) is 0.826. The van der Waals surface area contributed by atoms with Gasteiger partial charge in [-0.1, -0.05) is 36.7 Å². The number of hydrogen-bond donors (Lipinski definition) is 1. The molecule has 0 heterocycles. The van der Waals surface area contributed by atoms with Crippen LogP contribution in [0.25, 0.3) is 0 Å². The Morgan fingerprint density at radius 2 is 2.00 bits per heavy atom. The van der Waals surface area contributed by atoms with E-state index in [1.807, 2.05) is 31.2 Å². The highest BCUT2D eigenvalue weighted by Crippen LogP contribution is 2.28. The minimum Gasteiger partial charge on any atom is -0.488 e. The number of ether oxygens (including phenoxy) is 1. The normalized spacial score (nSPS) is 10.7. The SMILES string of the molecule is CCNCc1ccc(OCc2ccc(C)cc2Cl)c(Br)c1. The van der Waals surface area contributed by atoms with E-state index in [1.54, 1.807) is 0 Å². The predicted octanol–water partition coefficient (Wildman–Crippen LogP) is 5.10. The second-order valence-corrected chi connectivity index (χ2v) is 6.19. The molecule has 2 aromatic rings. The van der Waals surface area contributed by atoms with Crippen molar-refractivity contribution in [3.8, 4) is 5.75 Å². The van der Waals surface area contributed by atoms with Crippen LogP contribution in [0.15, 0.2) is 40.9 Å². The average Bonchev–Trinajstić information content (AvgIpc) is 2.45. The first-order valence-electron chi connectivity index (χ1n) is 6.97. The molecule has 0 spiro atoms. The predicted molar refractivity (Wildman–Crippen MR) is 92.0 cm³/mol. The molecule has 0 aliphatic heterocycles. The van der Waals surface area contributed by atoms with E-state index in [0.717, 1.165) is 39.5 Å². The topological polar surface area (TPSA) is 21.3 Å². The lowest BCUT2D eigenvalue weighted by Crippen LogP contribution is -2.11. The second kappa shape index (κ2) is 7.83. The third-order valence-electron chi connectivity index (χ3n) is 3.17. The van der Waals surface area contributed by atoms with Crippen molar-refractivity contribution in [2.45, 2.75) is 27.0 Å². The van der Waals surface area contributed by atoms with Crippen LogP contribution in [0.4, 0.5) is 0 Å². The summed E-state index contributed by atoms with van der Waals surface area (Å²) in [7, 11) is 0. The van der Waals surface area contributed by atoms with Gasteiger partial charge in [0.05, 0.1) is 4.47 Å². The van der Waals surface area contributed by atoms with Gasteiger partial charge in [-0.3, -0.25) is 0 Å². The lowest BCUT2D eigenvalue weighted by molar-refractivity contribution is 0.304. The van der Waals surface area contributed by atoms with Crippen molar-refractivity contribution >= 4 is 27.5 Å². The van der Waals surface area contributed by atoms with E-state index in [-0.39, 0.29) is 0 Å². The van der Waals surface area contributed by atoms with Crippen molar-refractivity contribution in [3.63, 3.8) is 0 Å². The van der Waals surface area contributed by atoms with E-state index >= 15 is 0 Å². The average molecular weight is 369 g/mol. The molecule has 0 saturated carbocycles. The summed E-state index contributed by atoms with van der Waals surface area (Å²) in [6, 6.07) is 12.1. The monoisotopic (exact) mass is 367 g/mol. The maximum absolute atomic E-state index is 6.22. The molecular weight excluding hydrogens is 350 g/mol. The molecule has 0 saturated heterocycles. The fourth-order valence-corrected chi connectivity index (χ4v) is 2.80. The smallest absolute Gasteiger partial charge is 0.134 e. The fourth-order valence-electron chi connectivity index (χ4n) is 1.97. The Balaban J connectivity index is 2.02. The van der Waals surface area contributed by atoms with Crippen LogP contribution in [-0.2, 0) is 13.2 Å². The van der Waals surface area contributed by atoms with Crippen LogP contribution in [0, 0.1) is 6.92 Å². The zero-order chi connectivity index (χ0) is 15.2. The molecule has 1 N–H and O–H groups in total. The summed E-state index contributed by atoms with van der Waals surface area (Å²) in [5, 5.41) is 4.05. The van der Waals surface area contributed by atoms with Crippen molar-refractivity contribution in [1.82, 2.24) is 5.32 Å². The summed E-state index contributed by atoms with van der Waals surface area (Å²) in [6.45, 7) is 6.40. The molecule has 0 fully saturated rings. The van der Waals surface area contributed by atoms with Gasteiger partial charge in [0.1, 0.15) is 12.4 Å². The zero-order valence-corrected chi connectivity index (χ0v) is 14.6. The lowest BCUT2D eigenvalue weighted by Gasteiger charge is -2.11. The summed E-state index contributed by atoms with van der Waals surface area (Å²) < 4.78 is 6.81. The van der Waals surface area contributed by atoms with Gasteiger partial charge in [-0.15, -0.1) is 0 Å². The van der Waals surface area contributed by atoms with Gasteiger partial charge in [0.25, 0.3) is 0 Å². The molecular formula is C17H19BrClNO. The van der Waals surface area contributed by atoms with Crippen LogP contribution in [0.3, 0.4) is 0 Å². The zero-order valence-electron chi connectivity index (χ0n) is 12.2. The highest BCUT2D eigenvalue weighted by Gasteiger charge is 2.05. The van der Waals surface area contributed by atoms with Gasteiger partial charge in [-0.2, -0.15) is 0 Å². The molecule has 0 bridgehead atoms. The van der Waals surface area contributed by atoms with Crippen LogP contribution in [0.2, 0.25) is 5.02 Å². The van der Waals surface area contributed by atoms with E-state index in [9.17, 15) is 0 Å². The number of nitrogens with one attached hydrogen (secondary N) is 1. The van der Waals surface area contributed by atoms with Gasteiger partial charge in [0.15, 0.2) is 0 Å². The minimum absolute atomic E-state index is 0.463. The van der Waals surface area contributed by atoms with E-state index < -0.39 is 0 Å². The molecule has 0 atom stereocenters. The molecule has 0 unspecified atom stereocenters. The molecule has 0 radical (unpaired) electrons. The van der Waals surface area contributed by atoms with E-state index in [4.69, 9.17) is 16.3 Å². The van der Waals surface area contributed by atoms with Crippen molar-refractivity contribution in [2.75, 3.05) is 6.54 Å². The Morgan fingerprint density at radius 1 is 1.19 bits per heavy atom. The molecule has 2 aromatic carbocycles. The van der Waals surface area contributed by atoms with Gasteiger partial charge in [-0.25, -0.2) is 0 Å². The Kier molecular flexibility index (Phi) is 6.09. The number of benzene rings is 2. The van der Waals surface area contributed by atoms with Gasteiger partial charge < -0.3 is 10.1 Å². The van der Waals surface area contributed by atoms with Crippen LogP contribution in [-0.4, -0.2) is 6.54 Å². The Hall–Kier alpha value is -1.03. The molecule has 2 nitrogen and oxygen atoms in total. The maximum atomic E-state index is 6.22. The van der Waals surface area contributed by atoms with E-state index in [2.05, 4.69) is 40.3 Å². The largest absolute Gasteiger partial charge is 0.488 e.